The van der Waals surface area contributed by atoms with Crippen molar-refractivity contribution < 1.29 is 18.3 Å². The van der Waals surface area contributed by atoms with Gasteiger partial charge in [0.1, 0.15) is 16.4 Å². The molecule has 1 heterocycles. The van der Waals surface area contributed by atoms with Crippen molar-refractivity contribution in [2.45, 2.75) is 18.4 Å². The summed E-state index contributed by atoms with van der Waals surface area (Å²) in [6, 6.07) is 21.3. The Kier molecular flexibility index (Phi) is 5.98. The Hall–Kier alpha value is -3.62. The number of aromatic hydroxyl groups is 1. The van der Waals surface area contributed by atoms with Crippen LogP contribution in [0.3, 0.4) is 0 Å². The molecule has 0 saturated heterocycles. The number of phenols is 1. The van der Waals surface area contributed by atoms with Gasteiger partial charge < -0.3 is 9.84 Å². The topological polar surface area (TPSA) is 93.4 Å². The zero-order chi connectivity index (χ0) is 22.7. The number of hydrogen-bond donors (Lipinski definition) is 2. The summed E-state index contributed by atoms with van der Waals surface area (Å²) >= 11 is 0. The number of para-hydroxylation sites is 1. The summed E-state index contributed by atoms with van der Waals surface area (Å²) in [5, 5.41) is 15.1. The van der Waals surface area contributed by atoms with Crippen LogP contribution < -0.4 is 9.46 Å². The number of nitrogens with zero attached hydrogens (tertiary/aromatic N) is 2. The van der Waals surface area contributed by atoms with Gasteiger partial charge in [-0.25, -0.2) is 17.8 Å². The summed E-state index contributed by atoms with van der Waals surface area (Å²) in [5.74, 6) is -0.0621. The van der Waals surface area contributed by atoms with E-state index in [4.69, 9.17) is 4.74 Å². The summed E-state index contributed by atoms with van der Waals surface area (Å²) < 4.78 is 35.8. The van der Waals surface area contributed by atoms with Crippen LogP contribution >= 0.6 is 0 Å². The first-order chi connectivity index (χ1) is 15.4. The van der Waals surface area contributed by atoms with Gasteiger partial charge in [-0.15, -0.1) is 0 Å². The quantitative estimate of drug-likeness (QED) is 0.444. The third-order valence-electron chi connectivity index (χ3n) is 5.14. The van der Waals surface area contributed by atoms with E-state index >= 15 is 0 Å². The molecule has 0 atom stereocenters. The molecule has 0 bridgehead atoms. The minimum absolute atomic E-state index is 0.0498. The molecule has 0 aliphatic carbocycles. The van der Waals surface area contributed by atoms with Crippen molar-refractivity contribution in [1.29, 1.82) is 0 Å². The van der Waals surface area contributed by atoms with E-state index in [9.17, 15) is 13.5 Å². The summed E-state index contributed by atoms with van der Waals surface area (Å²) in [6.45, 7) is 2.09. The standard InChI is InChI=1S/C24H23N3O4S/c1-17-8-6-7-11-20(17)27-21(12-13-25-27)19-14-24(23(31-2)15-22(19)28)32(29,30)26-16-18-9-4-3-5-10-18/h3-15,26,28H,16H2,1-2H3. The molecule has 4 rings (SSSR count). The number of aryl methyl sites for hydroxylation is 1. The molecule has 2 N–H and O–H groups in total. The predicted molar refractivity (Wildman–Crippen MR) is 122 cm³/mol. The molecule has 0 radical (unpaired) electrons. The highest BCUT2D eigenvalue weighted by molar-refractivity contribution is 7.89. The number of phenolic OH excluding ortho intramolecular Hbond substituents is 1. The van der Waals surface area contributed by atoms with E-state index in [1.54, 1.807) is 16.9 Å². The minimum atomic E-state index is -3.93. The number of rotatable bonds is 7. The van der Waals surface area contributed by atoms with E-state index in [1.807, 2.05) is 61.5 Å². The summed E-state index contributed by atoms with van der Waals surface area (Å²) in [4.78, 5) is -0.0683. The number of benzene rings is 3. The van der Waals surface area contributed by atoms with Gasteiger partial charge in [-0.2, -0.15) is 5.10 Å². The van der Waals surface area contributed by atoms with Crippen LogP contribution in [0, 0.1) is 6.92 Å². The lowest BCUT2D eigenvalue weighted by atomic mass is 10.1. The second-order valence-corrected chi connectivity index (χ2v) is 8.98. The van der Waals surface area contributed by atoms with Crippen molar-refractivity contribution in [1.82, 2.24) is 14.5 Å². The van der Waals surface area contributed by atoms with E-state index in [1.165, 1.54) is 19.2 Å². The smallest absolute Gasteiger partial charge is 0.244 e. The van der Waals surface area contributed by atoms with Crippen molar-refractivity contribution >= 4 is 10.0 Å². The highest BCUT2D eigenvalue weighted by atomic mass is 32.2. The molecule has 4 aromatic rings. The van der Waals surface area contributed by atoms with Crippen molar-refractivity contribution in [3.63, 3.8) is 0 Å². The highest BCUT2D eigenvalue weighted by Crippen LogP contribution is 2.38. The van der Waals surface area contributed by atoms with Gasteiger partial charge in [0.05, 0.1) is 24.7 Å². The van der Waals surface area contributed by atoms with Crippen LogP contribution in [0.1, 0.15) is 11.1 Å². The van der Waals surface area contributed by atoms with Crippen LogP contribution in [-0.2, 0) is 16.6 Å². The lowest BCUT2D eigenvalue weighted by Gasteiger charge is -2.15. The molecule has 3 aromatic carbocycles. The molecule has 8 heteroatoms. The number of nitrogens with one attached hydrogen (secondary N) is 1. The summed E-state index contributed by atoms with van der Waals surface area (Å²) in [7, 11) is -2.57. The molecule has 0 spiro atoms. The van der Waals surface area contributed by atoms with Gasteiger partial charge in [-0.05, 0) is 36.2 Å². The fourth-order valence-electron chi connectivity index (χ4n) is 3.48. The number of ether oxygens (including phenoxy) is 1. The Bertz CT molecular complexity index is 1350. The fraction of sp³-hybridized carbons (Fsp3) is 0.125. The van der Waals surface area contributed by atoms with Gasteiger partial charge >= 0.3 is 0 Å². The van der Waals surface area contributed by atoms with Gasteiger partial charge in [-0.3, -0.25) is 0 Å². The van der Waals surface area contributed by atoms with E-state index in [0.717, 1.165) is 16.8 Å². The molecule has 0 unspecified atom stereocenters. The van der Waals surface area contributed by atoms with Crippen LogP contribution in [0.2, 0.25) is 0 Å². The maximum absolute atomic E-state index is 13.1. The molecule has 0 saturated carbocycles. The highest BCUT2D eigenvalue weighted by Gasteiger charge is 2.24. The van der Waals surface area contributed by atoms with Crippen LogP contribution in [0.4, 0.5) is 0 Å². The first-order valence-electron chi connectivity index (χ1n) is 9.95. The largest absolute Gasteiger partial charge is 0.507 e. The molecule has 0 aliphatic rings. The Balaban J connectivity index is 1.78. The number of hydrogen-bond acceptors (Lipinski definition) is 5. The Labute approximate surface area is 187 Å². The van der Waals surface area contributed by atoms with Gasteiger partial charge in [-0.1, -0.05) is 48.5 Å². The van der Waals surface area contributed by atoms with Crippen LogP contribution in [-0.4, -0.2) is 30.4 Å². The first-order valence-corrected chi connectivity index (χ1v) is 11.4. The number of aromatic nitrogens is 2. The second kappa shape index (κ2) is 8.86. The first kappa shape index (κ1) is 21.6. The molecule has 1 aromatic heterocycles. The van der Waals surface area contributed by atoms with Crippen molar-refractivity contribution in [3.8, 4) is 28.4 Å². The zero-order valence-electron chi connectivity index (χ0n) is 17.7. The number of sulfonamides is 1. The second-order valence-electron chi connectivity index (χ2n) is 7.25. The molecular formula is C24H23N3O4S. The van der Waals surface area contributed by atoms with E-state index in [0.29, 0.717) is 11.3 Å². The molecule has 0 fully saturated rings. The van der Waals surface area contributed by atoms with Crippen molar-refractivity contribution in [3.05, 3.63) is 90.1 Å². The average Bonchev–Trinajstić information content (AvgIpc) is 3.27. The van der Waals surface area contributed by atoms with Crippen molar-refractivity contribution in [2.24, 2.45) is 0 Å². The van der Waals surface area contributed by atoms with Gasteiger partial charge in [0, 0.05) is 18.2 Å². The molecule has 0 amide bonds. The predicted octanol–water partition coefficient (Wildman–Crippen LogP) is 4.04. The third-order valence-corrected chi connectivity index (χ3v) is 6.57. The minimum Gasteiger partial charge on any atom is -0.507 e. The SMILES string of the molecule is COc1cc(O)c(-c2ccnn2-c2ccccc2C)cc1S(=O)(=O)NCc1ccccc1. The van der Waals surface area contributed by atoms with Crippen LogP contribution in [0.5, 0.6) is 11.5 Å². The molecule has 7 nitrogen and oxygen atoms in total. The van der Waals surface area contributed by atoms with Crippen molar-refractivity contribution in [2.75, 3.05) is 7.11 Å². The van der Waals surface area contributed by atoms with E-state index < -0.39 is 10.0 Å². The van der Waals surface area contributed by atoms with Crippen LogP contribution in [0.15, 0.2) is 83.9 Å². The summed E-state index contributed by atoms with van der Waals surface area (Å²) in [6.07, 6.45) is 1.60. The molecule has 32 heavy (non-hydrogen) atoms. The Morgan fingerprint density at radius 3 is 2.47 bits per heavy atom. The molecule has 0 aliphatic heterocycles. The van der Waals surface area contributed by atoms with Gasteiger partial charge in [0.2, 0.25) is 10.0 Å². The normalized spacial score (nSPS) is 11.4. The summed E-state index contributed by atoms with van der Waals surface area (Å²) in [5.41, 5.74) is 3.52. The van der Waals surface area contributed by atoms with E-state index in [2.05, 4.69) is 9.82 Å². The molecule has 164 valence electrons. The fourth-order valence-corrected chi connectivity index (χ4v) is 4.67. The zero-order valence-corrected chi connectivity index (χ0v) is 18.5. The third kappa shape index (κ3) is 4.23. The van der Waals surface area contributed by atoms with Gasteiger partial charge in [0.15, 0.2) is 0 Å². The Morgan fingerprint density at radius 1 is 1.03 bits per heavy atom. The van der Waals surface area contributed by atoms with E-state index in [-0.39, 0.29) is 22.9 Å². The lowest BCUT2D eigenvalue weighted by Crippen LogP contribution is -2.23. The number of methoxy groups -OCH3 is 1. The van der Waals surface area contributed by atoms with Crippen LogP contribution in [0.25, 0.3) is 16.9 Å². The lowest BCUT2D eigenvalue weighted by molar-refractivity contribution is 0.396. The average molecular weight is 450 g/mol. The Morgan fingerprint density at radius 2 is 1.75 bits per heavy atom. The maximum atomic E-state index is 13.1. The molecular weight excluding hydrogens is 426 g/mol. The monoisotopic (exact) mass is 449 g/mol. The van der Waals surface area contributed by atoms with Gasteiger partial charge in [0.25, 0.3) is 0 Å². The maximum Gasteiger partial charge on any atom is 0.244 e.